The summed E-state index contributed by atoms with van der Waals surface area (Å²) >= 11 is 3.43. The van der Waals surface area contributed by atoms with Gasteiger partial charge in [0, 0.05) is 16.7 Å². The number of hydroxylamine groups is 1. The average molecular weight is 315 g/mol. The monoisotopic (exact) mass is 315 g/mol. The van der Waals surface area contributed by atoms with Crippen LogP contribution in [0.2, 0.25) is 0 Å². The molecular weight excluding hydrogens is 302 g/mol. The number of oxime groups is 1. The molecule has 2 aromatic rings. The summed E-state index contributed by atoms with van der Waals surface area (Å²) in [5.74, 6) is 0.811. The molecule has 4 rings (SSSR count). The van der Waals surface area contributed by atoms with Crippen LogP contribution in [-0.4, -0.2) is 5.84 Å². The van der Waals surface area contributed by atoms with Crippen molar-refractivity contribution in [3.05, 3.63) is 56.9 Å². The number of rotatable bonds is 2. The van der Waals surface area contributed by atoms with Gasteiger partial charge < -0.3 is 0 Å². The third kappa shape index (κ3) is 1.91. The quantitative estimate of drug-likeness (QED) is 0.909. The summed E-state index contributed by atoms with van der Waals surface area (Å²) in [6, 6.07) is 4.24. The van der Waals surface area contributed by atoms with Gasteiger partial charge in [0.1, 0.15) is 10.7 Å². The third-order valence-electron chi connectivity index (χ3n) is 3.55. The third-order valence-corrected chi connectivity index (χ3v) is 5.62. The molecule has 0 aliphatic carbocycles. The second-order valence-corrected chi connectivity index (χ2v) is 6.73. The molecule has 0 bridgehead atoms. The van der Waals surface area contributed by atoms with Gasteiger partial charge in [0.25, 0.3) is 0 Å². The van der Waals surface area contributed by atoms with Crippen LogP contribution in [0.1, 0.15) is 16.0 Å². The maximum Gasteiger partial charge on any atom is 0.207 e. The number of hydrogen-bond acceptors (Lipinski definition) is 6. The number of anilines is 1. The summed E-state index contributed by atoms with van der Waals surface area (Å²) in [6.45, 7) is 4.22. The standard InChI is InChI=1S/C15H13N3OS2/c1-9-4-7-20-13(9)11-3-6-18(14-12(11)16-19-17-14)15-10(2)5-8-21-15/h3-8,16H,1-2H3. The Kier molecular flexibility index (Phi) is 2.87. The smallest absolute Gasteiger partial charge is 0.207 e. The van der Waals surface area contributed by atoms with E-state index in [1.54, 1.807) is 22.7 Å². The highest BCUT2D eigenvalue weighted by Crippen LogP contribution is 2.36. The first-order valence-electron chi connectivity index (χ1n) is 6.56. The second-order valence-electron chi connectivity index (χ2n) is 4.92. The van der Waals surface area contributed by atoms with E-state index in [-0.39, 0.29) is 0 Å². The molecule has 0 fully saturated rings. The van der Waals surface area contributed by atoms with E-state index in [2.05, 4.69) is 64.6 Å². The largest absolute Gasteiger partial charge is 0.288 e. The van der Waals surface area contributed by atoms with E-state index in [9.17, 15) is 0 Å². The molecule has 0 aromatic carbocycles. The first-order valence-corrected chi connectivity index (χ1v) is 8.32. The molecule has 106 valence electrons. The van der Waals surface area contributed by atoms with Crippen LogP contribution in [0.25, 0.3) is 5.57 Å². The number of fused-ring (bicyclic) bond motifs is 1. The summed E-state index contributed by atoms with van der Waals surface area (Å²) in [6.07, 6.45) is 4.18. The first-order chi connectivity index (χ1) is 10.3. The van der Waals surface area contributed by atoms with Crippen molar-refractivity contribution in [1.82, 2.24) is 5.48 Å². The van der Waals surface area contributed by atoms with Gasteiger partial charge in [-0.15, -0.1) is 22.7 Å². The number of aryl methyl sites for hydroxylation is 2. The van der Waals surface area contributed by atoms with Gasteiger partial charge in [-0.05, 0) is 59.1 Å². The minimum atomic E-state index is 0.811. The Bertz CT molecular complexity index is 797. The van der Waals surface area contributed by atoms with Crippen molar-refractivity contribution in [2.24, 2.45) is 5.16 Å². The molecule has 2 aliphatic heterocycles. The molecular formula is C15H13N3OS2. The van der Waals surface area contributed by atoms with Gasteiger partial charge in [0.05, 0.1) is 0 Å². The Balaban J connectivity index is 1.82. The van der Waals surface area contributed by atoms with Crippen LogP contribution in [0.5, 0.6) is 0 Å². The Labute approximate surface area is 130 Å². The van der Waals surface area contributed by atoms with Crippen LogP contribution in [0.4, 0.5) is 5.00 Å². The van der Waals surface area contributed by atoms with Crippen molar-refractivity contribution < 1.29 is 4.94 Å². The van der Waals surface area contributed by atoms with Crippen LogP contribution in [0.15, 0.2) is 46.0 Å². The topological polar surface area (TPSA) is 36.9 Å². The zero-order chi connectivity index (χ0) is 14.4. The normalized spacial score (nSPS) is 16.7. The molecule has 2 aromatic heterocycles. The van der Waals surface area contributed by atoms with E-state index in [1.165, 1.54) is 16.0 Å². The van der Waals surface area contributed by atoms with E-state index in [0.717, 1.165) is 22.1 Å². The van der Waals surface area contributed by atoms with Crippen molar-refractivity contribution in [3.63, 3.8) is 0 Å². The van der Waals surface area contributed by atoms with Gasteiger partial charge >= 0.3 is 0 Å². The van der Waals surface area contributed by atoms with Gasteiger partial charge in [-0.3, -0.25) is 9.84 Å². The van der Waals surface area contributed by atoms with Gasteiger partial charge in [0.15, 0.2) is 0 Å². The lowest BCUT2D eigenvalue weighted by atomic mass is 10.1. The summed E-state index contributed by atoms with van der Waals surface area (Å²) < 4.78 is 0. The predicted molar refractivity (Wildman–Crippen MR) is 88.3 cm³/mol. The number of allylic oxidation sites excluding steroid dienone is 2. The van der Waals surface area contributed by atoms with Crippen LogP contribution < -0.4 is 10.4 Å². The fourth-order valence-corrected chi connectivity index (χ4v) is 4.33. The molecule has 0 spiro atoms. The molecule has 4 nitrogen and oxygen atoms in total. The molecule has 0 unspecified atom stereocenters. The van der Waals surface area contributed by atoms with E-state index in [0.29, 0.717) is 0 Å². The van der Waals surface area contributed by atoms with E-state index >= 15 is 0 Å². The minimum Gasteiger partial charge on any atom is -0.288 e. The molecule has 2 aliphatic rings. The zero-order valence-electron chi connectivity index (χ0n) is 11.6. The minimum absolute atomic E-state index is 0.811. The van der Waals surface area contributed by atoms with Crippen molar-refractivity contribution in [1.29, 1.82) is 0 Å². The molecule has 1 N–H and O–H groups in total. The Hall–Kier alpha value is -2.05. The lowest BCUT2D eigenvalue weighted by Crippen LogP contribution is -2.30. The zero-order valence-corrected chi connectivity index (χ0v) is 13.2. The van der Waals surface area contributed by atoms with Crippen molar-refractivity contribution in [2.45, 2.75) is 13.8 Å². The number of thiophene rings is 2. The van der Waals surface area contributed by atoms with Gasteiger partial charge in [0.2, 0.25) is 5.84 Å². The van der Waals surface area contributed by atoms with Crippen molar-refractivity contribution >= 4 is 39.1 Å². The van der Waals surface area contributed by atoms with Crippen LogP contribution in [-0.2, 0) is 4.94 Å². The lowest BCUT2D eigenvalue weighted by Gasteiger charge is -2.23. The van der Waals surface area contributed by atoms with Gasteiger partial charge in [-0.25, -0.2) is 0 Å². The van der Waals surface area contributed by atoms with Gasteiger partial charge in [-0.1, -0.05) is 0 Å². The highest BCUT2D eigenvalue weighted by atomic mass is 32.1. The fourth-order valence-electron chi connectivity index (χ4n) is 2.46. The molecule has 4 heterocycles. The maximum atomic E-state index is 5.14. The number of nitrogens with zero attached hydrogens (tertiary/aromatic N) is 2. The molecule has 21 heavy (non-hydrogen) atoms. The molecule has 0 radical (unpaired) electrons. The average Bonchev–Trinajstić information content (AvgIpc) is 3.18. The molecule has 0 amide bonds. The Morgan fingerprint density at radius 2 is 1.95 bits per heavy atom. The molecule has 0 saturated heterocycles. The summed E-state index contributed by atoms with van der Waals surface area (Å²) in [5.41, 5.74) is 7.48. The summed E-state index contributed by atoms with van der Waals surface area (Å²) in [7, 11) is 0. The molecule has 0 atom stereocenters. The van der Waals surface area contributed by atoms with Crippen molar-refractivity contribution in [2.75, 3.05) is 4.90 Å². The first kappa shape index (κ1) is 12.7. The lowest BCUT2D eigenvalue weighted by molar-refractivity contribution is 0.0909. The SMILES string of the molecule is Cc1ccsc1C1=C2NON=C2N(c2sccc2C)C=C1. The van der Waals surface area contributed by atoms with Crippen LogP contribution in [0.3, 0.4) is 0 Å². The highest BCUT2D eigenvalue weighted by Gasteiger charge is 2.30. The molecule has 6 heteroatoms. The van der Waals surface area contributed by atoms with E-state index < -0.39 is 0 Å². The Morgan fingerprint density at radius 3 is 2.67 bits per heavy atom. The summed E-state index contributed by atoms with van der Waals surface area (Å²) in [4.78, 5) is 8.45. The maximum absolute atomic E-state index is 5.14. The van der Waals surface area contributed by atoms with Crippen LogP contribution in [0, 0.1) is 13.8 Å². The van der Waals surface area contributed by atoms with E-state index in [1.807, 2.05) is 0 Å². The van der Waals surface area contributed by atoms with Crippen LogP contribution >= 0.6 is 22.7 Å². The predicted octanol–water partition coefficient (Wildman–Crippen LogP) is 4.02. The number of hydrogen-bond donors (Lipinski definition) is 1. The number of amidine groups is 1. The summed E-state index contributed by atoms with van der Waals surface area (Å²) in [5, 5.41) is 9.52. The Morgan fingerprint density at radius 1 is 1.14 bits per heavy atom. The second kappa shape index (κ2) is 4.75. The highest BCUT2D eigenvalue weighted by molar-refractivity contribution is 7.14. The molecule has 0 saturated carbocycles. The fraction of sp³-hybridized carbons (Fsp3) is 0.133. The van der Waals surface area contributed by atoms with E-state index in [4.69, 9.17) is 4.94 Å². The van der Waals surface area contributed by atoms with Gasteiger partial charge in [-0.2, -0.15) is 5.48 Å². The van der Waals surface area contributed by atoms with Crippen molar-refractivity contribution in [3.8, 4) is 0 Å². The number of nitrogens with one attached hydrogen (secondary N) is 1.